The van der Waals surface area contributed by atoms with Crippen LogP contribution in [-0.2, 0) is 6.42 Å². The fourth-order valence-corrected chi connectivity index (χ4v) is 4.71. The van der Waals surface area contributed by atoms with Crippen molar-refractivity contribution in [2.24, 2.45) is 5.92 Å². The molecule has 0 saturated heterocycles. The molecular formula is C22H20N4O2S. The standard InChI is InChI=1S/C22H20N4O2S/c1-13-11-17-20(18(27)12-13)21(23-14-7-9-15(28-2)10-8-14)25-26(17)22-24-16-5-3-4-6-19(16)29-22/h3-10,13H,11-12H2,1-2H3,(H,23,25). The molecule has 2 aromatic heterocycles. The number of hydrogen-bond acceptors (Lipinski definition) is 6. The van der Waals surface area contributed by atoms with E-state index in [0.717, 1.165) is 38.9 Å². The summed E-state index contributed by atoms with van der Waals surface area (Å²) in [4.78, 5) is 17.6. The molecule has 1 N–H and O–H groups in total. The number of ketones is 1. The van der Waals surface area contributed by atoms with Crippen molar-refractivity contribution in [3.63, 3.8) is 0 Å². The predicted octanol–water partition coefficient (Wildman–Crippen LogP) is 5.00. The Labute approximate surface area is 172 Å². The Morgan fingerprint density at radius 1 is 1.14 bits per heavy atom. The van der Waals surface area contributed by atoms with Gasteiger partial charge in [-0.25, -0.2) is 9.67 Å². The van der Waals surface area contributed by atoms with E-state index in [2.05, 4.69) is 18.3 Å². The van der Waals surface area contributed by atoms with Crippen molar-refractivity contribution in [1.82, 2.24) is 14.8 Å². The Balaban J connectivity index is 1.61. The van der Waals surface area contributed by atoms with Crippen LogP contribution in [-0.4, -0.2) is 27.7 Å². The smallest absolute Gasteiger partial charge is 0.211 e. The lowest BCUT2D eigenvalue weighted by Crippen LogP contribution is -2.19. The molecule has 6 nitrogen and oxygen atoms in total. The van der Waals surface area contributed by atoms with Crippen LogP contribution in [0.25, 0.3) is 15.3 Å². The maximum atomic E-state index is 12.9. The van der Waals surface area contributed by atoms with Gasteiger partial charge in [0.25, 0.3) is 0 Å². The molecule has 0 saturated carbocycles. The van der Waals surface area contributed by atoms with Crippen molar-refractivity contribution in [2.75, 3.05) is 12.4 Å². The molecule has 1 aliphatic carbocycles. The Bertz CT molecular complexity index is 1180. The first kappa shape index (κ1) is 17.9. The van der Waals surface area contributed by atoms with E-state index in [1.807, 2.05) is 47.1 Å². The number of methoxy groups -OCH3 is 1. The third kappa shape index (κ3) is 3.17. The van der Waals surface area contributed by atoms with Crippen LogP contribution in [0.1, 0.15) is 29.4 Å². The molecule has 0 amide bonds. The zero-order chi connectivity index (χ0) is 20.0. The second-order valence-corrected chi connectivity index (χ2v) is 8.35. The summed E-state index contributed by atoms with van der Waals surface area (Å²) in [5.74, 6) is 1.78. The van der Waals surface area contributed by atoms with Gasteiger partial charge in [-0.15, -0.1) is 5.10 Å². The molecule has 7 heteroatoms. The quantitative estimate of drug-likeness (QED) is 0.518. The van der Waals surface area contributed by atoms with Crippen LogP contribution in [0.4, 0.5) is 11.5 Å². The zero-order valence-corrected chi connectivity index (χ0v) is 17.0. The average Bonchev–Trinajstić information content (AvgIpc) is 3.30. The van der Waals surface area contributed by atoms with Crippen LogP contribution in [0, 0.1) is 5.92 Å². The van der Waals surface area contributed by atoms with E-state index in [1.54, 1.807) is 18.4 Å². The number of rotatable bonds is 4. The highest BCUT2D eigenvalue weighted by Crippen LogP contribution is 2.35. The van der Waals surface area contributed by atoms with Crippen molar-refractivity contribution in [3.8, 4) is 10.9 Å². The van der Waals surface area contributed by atoms with Crippen molar-refractivity contribution in [1.29, 1.82) is 0 Å². The highest BCUT2D eigenvalue weighted by atomic mass is 32.1. The molecule has 0 bridgehead atoms. The minimum Gasteiger partial charge on any atom is -0.497 e. The highest BCUT2D eigenvalue weighted by molar-refractivity contribution is 7.20. The van der Waals surface area contributed by atoms with Gasteiger partial charge >= 0.3 is 0 Å². The number of benzene rings is 2. The molecular weight excluding hydrogens is 384 g/mol. The normalized spacial score (nSPS) is 16.1. The number of carbonyl (C=O) groups excluding carboxylic acids is 1. The maximum absolute atomic E-state index is 12.9. The third-order valence-electron chi connectivity index (χ3n) is 5.15. The van der Waals surface area contributed by atoms with Gasteiger partial charge in [-0.3, -0.25) is 4.79 Å². The summed E-state index contributed by atoms with van der Waals surface area (Å²) in [6.45, 7) is 2.10. The maximum Gasteiger partial charge on any atom is 0.211 e. The topological polar surface area (TPSA) is 69.0 Å². The van der Waals surface area contributed by atoms with Gasteiger partial charge in [0.2, 0.25) is 5.13 Å². The van der Waals surface area contributed by atoms with Crippen molar-refractivity contribution in [3.05, 3.63) is 59.8 Å². The van der Waals surface area contributed by atoms with Crippen molar-refractivity contribution in [2.45, 2.75) is 19.8 Å². The molecule has 2 heterocycles. The van der Waals surface area contributed by atoms with Gasteiger partial charge in [0, 0.05) is 12.1 Å². The number of para-hydroxylation sites is 1. The fourth-order valence-electron chi connectivity index (χ4n) is 3.76. The van der Waals surface area contributed by atoms with Gasteiger partial charge in [-0.2, -0.15) is 0 Å². The summed E-state index contributed by atoms with van der Waals surface area (Å²) in [5, 5.41) is 8.89. The summed E-state index contributed by atoms with van der Waals surface area (Å²) >= 11 is 1.58. The summed E-state index contributed by atoms with van der Waals surface area (Å²) in [7, 11) is 1.64. The Kier molecular flexibility index (Phi) is 4.32. The van der Waals surface area contributed by atoms with Crippen LogP contribution >= 0.6 is 11.3 Å². The lowest BCUT2D eigenvalue weighted by molar-refractivity contribution is 0.0953. The van der Waals surface area contributed by atoms with Gasteiger partial charge in [0.1, 0.15) is 5.75 Å². The van der Waals surface area contributed by atoms with Crippen molar-refractivity contribution < 1.29 is 9.53 Å². The molecule has 0 aliphatic heterocycles. The monoisotopic (exact) mass is 404 g/mol. The number of Topliss-reactive ketones (excluding diaryl/α,β-unsaturated/α-hetero) is 1. The molecule has 29 heavy (non-hydrogen) atoms. The summed E-state index contributed by atoms with van der Waals surface area (Å²) in [5.41, 5.74) is 3.41. The van der Waals surface area contributed by atoms with Crippen LogP contribution in [0.3, 0.4) is 0 Å². The van der Waals surface area contributed by atoms with Gasteiger partial charge in [0.15, 0.2) is 11.6 Å². The molecule has 0 spiro atoms. The van der Waals surface area contributed by atoms with Crippen LogP contribution in [0.5, 0.6) is 5.75 Å². The van der Waals surface area contributed by atoms with Gasteiger partial charge in [-0.05, 0) is 48.7 Å². The van der Waals surface area contributed by atoms with Crippen molar-refractivity contribution >= 4 is 38.8 Å². The minimum absolute atomic E-state index is 0.127. The van der Waals surface area contributed by atoms with Gasteiger partial charge in [0.05, 0.1) is 28.6 Å². The summed E-state index contributed by atoms with van der Waals surface area (Å²) in [6, 6.07) is 15.6. The fraction of sp³-hybridized carbons (Fsp3) is 0.227. The molecule has 146 valence electrons. The summed E-state index contributed by atoms with van der Waals surface area (Å²) in [6.07, 6.45) is 1.34. The molecule has 1 aliphatic rings. The first-order valence-corrected chi connectivity index (χ1v) is 10.4. The van der Waals surface area contributed by atoms with Crippen LogP contribution in [0.15, 0.2) is 48.5 Å². The minimum atomic E-state index is 0.127. The van der Waals surface area contributed by atoms with Gasteiger partial charge < -0.3 is 10.1 Å². The zero-order valence-electron chi connectivity index (χ0n) is 16.2. The van der Waals surface area contributed by atoms with E-state index in [1.165, 1.54) is 0 Å². The Morgan fingerprint density at radius 3 is 2.69 bits per heavy atom. The molecule has 2 aromatic carbocycles. The number of thiazole rings is 1. The predicted molar refractivity (Wildman–Crippen MR) is 115 cm³/mol. The van der Waals surface area contributed by atoms with E-state index < -0.39 is 0 Å². The number of aromatic nitrogens is 3. The second-order valence-electron chi connectivity index (χ2n) is 7.34. The van der Waals surface area contributed by atoms with E-state index in [4.69, 9.17) is 14.8 Å². The number of hydrogen-bond donors (Lipinski definition) is 1. The largest absolute Gasteiger partial charge is 0.497 e. The number of carbonyl (C=O) groups is 1. The number of nitrogens with one attached hydrogen (secondary N) is 1. The molecule has 0 fully saturated rings. The molecule has 5 rings (SSSR count). The Hall–Kier alpha value is -3.19. The van der Waals surface area contributed by atoms with Crippen LogP contribution < -0.4 is 10.1 Å². The number of fused-ring (bicyclic) bond motifs is 2. The molecule has 1 unspecified atom stereocenters. The molecule has 0 radical (unpaired) electrons. The second kappa shape index (κ2) is 7.00. The van der Waals surface area contributed by atoms with Crippen LogP contribution in [0.2, 0.25) is 0 Å². The van der Waals surface area contributed by atoms with E-state index in [9.17, 15) is 4.79 Å². The number of ether oxygens (including phenoxy) is 1. The first-order chi connectivity index (χ1) is 14.1. The SMILES string of the molecule is COc1ccc(Nc2nn(-c3nc4ccccc4s3)c3c2C(=O)CC(C)C3)cc1. The Morgan fingerprint density at radius 2 is 1.93 bits per heavy atom. The van der Waals surface area contributed by atoms with Gasteiger partial charge in [-0.1, -0.05) is 30.4 Å². The number of anilines is 2. The molecule has 4 aromatic rings. The van der Waals surface area contributed by atoms with E-state index in [-0.39, 0.29) is 11.7 Å². The lowest BCUT2D eigenvalue weighted by Gasteiger charge is -2.18. The average molecular weight is 404 g/mol. The first-order valence-electron chi connectivity index (χ1n) is 9.54. The number of nitrogens with zero attached hydrogens (tertiary/aromatic N) is 3. The third-order valence-corrected chi connectivity index (χ3v) is 6.16. The van der Waals surface area contributed by atoms with E-state index in [0.29, 0.717) is 17.8 Å². The molecule has 1 atom stereocenters. The van der Waals surface area contributed by atoms with E-state index >= 15 is 0 Å². The highest BCUT2D eigenvalue weighted by Gasteiger charge is 2.31. The lowest BCUT2D eigenvalue weighted by atomic mass is 9.88. The summed E-state index contributed by atoms with van der Waals surface area (Å²) < 4.78 is 8.17.